The molecule has 0 atom stereocenters. The van der Waals surface area contributed by atoms with E-state index in [9.17, 15) is 4.79 Å². The van der Waals surface area contributed by atoms with Crippen molar-refractivity contribution < 1.29 is 9.53 Å². The SMILES string of the molecule is CCOC(=O)c1cc(Br)ccc1S. The number of carbonyl (C=O) groups is 1. The summed E-state index contributed by atoms with van der Waals surface area (Å²) in [6.07, 6.45) is 0. The average Bonchev–Trinajstić information content (AvgIpc) is 2.09. The first kappa shape index (κ1) is 10.6. The Kier molecular flexibility index (Phi) is 3.81. The highest BCUT2D eigenvalue weighted by atomic mass is 79.9. The van der Waals surface area contributed by atoms with Gasteiger partial charge in [0.25, 0.3) is 0 Å². The fraction of sp³-hybridized carbons (Fsp3) is 0.222. The number of hydrogen-bond donors (Lipinski definition) is 1. The Morgan fingerprint density at radius 2 is 2.31 bits per heavy atom. The molecule has 0 spiro atoms. The predicted octanol–water partition coefficient (Wildman–Crippen LogP) is 2.91. The fourth-order valence-electron chi connectivity index (χ4n) is 0.881. The Labute approximate surface area is 90.8 Å². The minimum Gasteiger partial charge on any atom is -0.462 e. The van der Waals surface area contributed by atoms with Crippen LogP contribution in [-0.4, -0.2) is 12.6 Å². The molecule has 0 unspecified atom stereocenters. The first-order chi connectivity index (χ1) is 6.15. The van der Waals surface area contributed by atoms with Gasteiger partial charge in [0.2, 0.25) is 0 Å². The van der Waals surface area contributed by atoms with Gasteiger partial charge in [-0.15, -0.1) is 12.6 Å². The van der Waals surface area contributed by atoms with Gasteiger partial charge in [-0.25, -0.2) is 4.79 Å². The van der Waals surface area contributed by atoms with Gasteiger partial charge in [-0.1, -0.05) is 15.9 Å². The van der Waals surface area contributed by atoms with Gasteiger partial charge >= 0.3 is 5.97 Å². The summed E-state index contributed by atoms with van der Waals surface area (Å²) in [5.41, 5.74) is 0.486. The largest absolute Gasteiger partial charge is 0.462 e. The lowest BCUT2D eigenvalue weighted by Crippen LogP contribution is -2.05. The molecule has 0 radical (unpaired) electrons. The second-order valence-corrected chi connectivity index (χ2v) is 3.78. The molecule has 1 rings (SSSR count). The van der Waals surface area contributed by atoms with Gasteiger partial charge in [0, 0.05) is 9.37 Å². The highest BCUT2D eigenvalue weighted by molar-refractivity contribution is 9.10. The molecule has 1 aromatic rings. The Hall–Kier alpha value is -0.480. The van der Waals surface area contributed by atoms with Gasteiger partial charge in [-0.2, -0.15) is 0 Å². The zero-order valence-electron chi connectivity index (χ0n) is 7.08. The predicted molar refractivity (Wildman–Crippen MR) is 57.4 cm³/mol. The monoisotopic (exact) mass is 260 g/mol. The van der Waals surface area contributed by atoms with Crippen molar-refractivity contribution in [3.05, 3.63) is 28.2 Å². The molecule has 0 aliphatic heterocycles. The molecule has 2 nitrogen and oxygen atoms in total. The third kappa shape index (κ3) is 2.74. The molecule has 0 bridgehead atoms. The third-order valence-corrected chi connectivity index (χ3v) is 2.34. The molecule has 0 aliphatic carbocycles. The number of halogens is 1. The summed E-state index contributed by atoms with van der Waals surface area (Å²) in [6.45, 7) is 2.15. The van der Waals surface area contributed by atoms with Crippen LogP contribution < -0.4 is 0 Å². The molecule has 13 heavy (non-hydrogen) atoms. The summed E-state index contributed by atoms with van der Waals surface area (Å²) in [5, 5.41) is 0. The van der Waals surface area contributed by atoms with Gasteiger partial charge in [0.1, 0.15) is 0 Å². The van der Waals surface area contributed by atoms with Crippen LogP contribution in [0.1, 0.15) is 17.3 Å². The van der Waals surface area contributed by atoms with Crippen molar-refractivity contribution in [3.8, 4) is 0 Å². The molecular weight excluding hydrogens is 252 g/mol. The van der Waals surface area contributed by atoms with Crippen LogP contribution in [0.15, 0.2) is 27.6 Å². The highest BCUT2D eigenvalue weighted by Gasteiger charge is 2.10. The van der Waals surface area contributed by atoms with Crippen molar-refractivity contribution >= 4 is 34.5 Å². The van der Waals surface area contributed by atoms with E-state index in [1.165, 1.54) is 0 Å². The number of rotatable bonds is 2. The summed E-state index contributed by atoms with van der Waals surface area (Å²) in [5.74, 6) is -0.339. The number of benzene rings is 1. The summed E-state index contributed by atoms with van der Waals surface area (Å²) in [7, 11) is 0. The van der Waals surface area contributed by atoms with E-state index in [4.69, 9.17) is 4.74 Å². The van der Waals surface area contributed by atoms with Crippen LogP contribution in [0, 0.1) is 0 Å². The average molecular weight is 261 g/mol. The van der Waals surface area contributed by atoms with Crippen LogP contribution in [0.3, 0.4) is 0 Å². The van der Waals surface area contributed by atoms with E-state index in [2.05, 4.69) is 28.6 Å². The smallest absolute Gasteiger partial charge is 0.339 e. The quantitative estimate of drug-likeness (QED) is 0.654. The number of carbonyl (C=O) groups excluding carboxylic acids is 1. The lowest BCUT2D eigenvalue weighted by atomic mass is 10.2. The number of hydrogen-bond acceptors (Lipinski definition) is 3. The zero-order valence-corrected chi connectivity index (χ0v) is 9.56. The van der Waals surface area contributed by atoms with Crippen molar-refractivity contribution in [2.45, 2.75) is 11.8 Å². The van der Waals surface area contributed by atoms with Gasteiger partial charge in [0.15, 0.2) is 0 Å². The Morgan fingerprint density at radius 3 is 2.92 bits per heavy atom. The summed E-state index contributed by atoms with van der Waals surface area (Å²) >= 11 is 7.43. The van der Waals surface area contributed by atoms with Gasteiger partial charge < -0.3 is 4.74 Å². The van der Waals surface area contributed by atoms with Crippen LogP contribution in [-0.2, 0) is 4.74 Å². The van der Waals surface area contributed by atoms with Crippen LogP contribution in [0.25, 0.3) is 0 Å². The number of ether oxygens (including phenoxy) is 1. The summed E-state index contributed by atoms with van der Waals surface area (Å²) in [6, 6.07) is 5.27. The Bertz CT molecular complexity index is 325. The van der Waals surface area contributed by atoms with Gasteiger partial charge in [0.05, 0.1) is 12.2 Å². The molecule has 0 aromatic heterocycles. The van der Waals surface area contributed by atoms with E-state index in [0.717, 1.165) is 4.47 Å². The first-order valence-electron chi connectivity index (χ1n) is 3.80. The van der Waals surface area contributed by atoms with Crippen LogP contribution >= 0.6 is 28.6 Å². The van der Waals surface area contributed by atoms with Crippen molar-refractivity contribution in [1.82, 2.24) is 0 Å². The van der Waals surface area contributed by atoms with E-state index in [1.807, 2.05) is 6.07 Å². The highest BCUT2D eigenvalue weighted by Crippen LogP contribution is 2.20. The maximum atomic E-state index is 11.3. The van der Waals surface area contributed by atoms with Crippen LogP contribution in [0.5, 0.6) is 0 Å². The van der Waals surface area contributed by atoms with Gasteiger partial charge in [-0.3, -0.25) is 0 Å². The molecule has 4 heteroatoms. The van der Waals surface area contributed by atoms with E-state index in [-0.39, 0.29) is 5.97 Å². The minimum absolute atomic E-state index is 0.339. The molecule has 0 fully saturated rings. The number of esters is 1. The van der Waals surface area contributed by atoms with Crippen LogP contribution in [0.4, 0.5) is 0 Å². The molecule has 0 saturated carbocycles. The van der Waals surface area contributed by atoms with Gasteiger partial charge in [-0.05, 0) is 25.1 Å². The topological polar surface area (TPSA) is 26.3 Å². The zero-order chi connectivity index (χ0) is 9.84. The normalized spacial score (nSPS) is 9.77. The molecular formula is C9H9BrO2S. The standard InChI is InChI=1S/C9H9BrO2S/c1-2-12-9(11)7-5-6(10)3-4-8(7)13/h3-5,13H,2H2,1H3. The maximum Gasteiger partial charge on any atom is 0.339 e. The lowest BCUT2D eigenvalue weighted by Gasteiger charge is -2.04. The first-order valence-corrected chi connectivity index (χ1v) is 5.04. The minimum atomic E-state index is -0.339. The molecule has 70 valence electrons. The Balaban J connectivity index is 2.99. The summed E-state index contributed by atoms with van der Waals surface area (Å²) < 4.78 is 5.70. The molecule has 0 aliphatic rings. The van der Waals surface area contributed by atoms with E-state index in [0.29, 0.717) is 17.1 Å². The van der Waals surface area contributed by atoms with Crippen molar-refractivity contribution in [3.63, 3.8) is 0 Å². The van der Waals surface area contributed by atoms with E-state index < -0.39 is 0 Å². The number of thiol groups is 1. The fourth-order valence-corrected chi connectivity index (χ4v) is 1.47. The second-order valence-electron chi connectivity index (χ2n) is 2.38. The summed E-state index contributed by atoms with van der Waals surface area (Å²) in [4.78, 5) is 12.0. The Morgan fingerprint density at radius 1 is 1.62 bits per heavy atom. The van der Waals surface area contributed by atoms with Crippen molar-refractivity contribution in [2.75, 3.05) is 6.61 Å². The third-order valence-electron chi connectivity index (χ3n) is 1.45. The molecule has 0 amide bonds. The van der Waals surface area contributed by atoms with E-state index >= 15 is 0 Å². The second kappa shape index (κ2) is 4.67. The van der Waals surface area contributed by atoms with E-state index in [1.54, 1.807) is 19.1 Å². The molecule has 0 saturated heterocycles. The van der Waals surface area contributed by atoms with Crippen LogP contribution in [0.2, 0.25) is 0 Å². The molecule has 0 N–H and O–H groups in total. The van der Waals surface area contributed by atoms with Crippen molar-refractivity contribution in [1.29, 1.82) is 0 Å². The molecule has 0 heterocycles. The van der Waals surface area contributed by atoms with Crippen molar-refractivity contribution in [2.24, 2.45) is 0 Å². The lowest BCUT2D eigenvalue weighted by molar-refractivity contribution is 0.0522. The molecule has 1 aromatic carbocycles. The maximum absolute atomic E-state index is 11.3.